The number of rotatable bonds is 3. The molecule has 1 rings (SSSR count). The van der Waals surface area contributed by atoms with Crippen molar-refractivity contribution in [1.82, 2.24) is 4.90 Å². The fourth-order valence-corrected chi connectivity index (χ4v) is 1.72. The Labute approximate surface area is 78.7 Å². The molecule has 0 aromatic carbocycles. The van der Waals surface area contributed by atoms with E-state index in [9.17, 15) is 4.79 Å². The van der Waals surface area contributed by atoms with E-state index in [1.54, 1.807) is 6.92 Å². The van der Waals surface area contributed by atoms with Crippen LogP contribution in [0.2, 0.25) is 0 Å². The van der Waals surface area contributed by atoms with E-state index in [2.05, 4.69) is 11.8 Å². The first kappa shape index (κ1) is 10.5. The molecule has 4 heteroatoms. The van der Waals surface area contributed by atoms with E-state index in [1.165, 1.54) is 0 Å². The molecule has 0 aromatic rings. The maximum atomic E-state index is 10.8. The van der Waals surface area contributed by atoms with Crippen LogP contribution >= 0.6 is 0 Å². The molecular weight excluding hydrogens is 168 g/mol. The summed E-state index contributed by atoms with van der Waals surface area (Å²) in [5.74, 6) is -0.924. The molecule has 0 aromatic heterocycles. The minimum absolute atomic E-state index is 0.448. The second kappa shape index (κ2) is 3.64. The van der Waals surface area contributed by atoms with E-state index >= 15 is 0 Å². The van der Waals surface area contributed by atoms with Crippen molar-refractivity contribution in [3.8, 4) is 0 Å². The van der Waals surface area contributed by atoms with Gasteiger partial charge in [0.2, 0.25) is 0 Å². The van der Waals surface area contributed by atoms with Crippen LogP contribution in [0, 0.1) is 0 Å². The topological polar surface area (TPSA) is 66.6 Å². The lowest BCUT2D eigenvalue weighted by atomic mass is 10.0. The van der Waals surface area contributed by atoms with E-state index in [4.69, 9.17) is 10.8 Å². The highest BCUT2D eigenvalue weighted by Crippen LogP contribution is 2.18. The molecule has 0 radical (unpaired) electrons. The summed E-state index contributed by atoms with van der Waals surface area (Å²) >= 11 is 0. The summed E-state index contributed by atoms with van der Waals surface area (Å²) in [5.41, 5.74) is 4.55. The number of carboxylic acids is 1. The fourth-order valence-electron chi connectivity index (χ4n) is 1.72. The number of carboxylic acid groups (broad SMARTS) is 1. The van der Waals surface area contributed by atoms with Gasteiger partial charge < -0.3 is 10.8 Å². The van der Waals surface area contributed by atoms with Crippen LogP contribution in [0.15, 0.2) is 0 Å². The highest BCUT2D eigenvalue weighted by Gasteiger charge is 2.33. The molecule has 1 aliphatic rings. The zero-order valence-electron chi connectivity index (χ0n) is 8.29. The molecule has 2 atom stereocenters. The van der Waals surface area contributed by atoms with E-state index in [0.29, 0.717) is 12.6 Å². The number of hydrogen-bond donors (Lipinski definition) is 2. The summed E-state index contributed by atoms with van der Waals surface area (Å²) in [7, 11) is 0. The summed E-state index contributed by atoms with van der Waals surface area (Å²) < 4.78 is 0. The van der Waals surface area contributed by atoms with Gasteiger partial charge in [0.25, 0.3) is 0 Å². The van der Waals surface area contributed by atoms with Crippen molar-refractivity contribution in [3.05, 3.63) is 0 Å². The molecular formula is C9H18N2O2. The van der Waals surface area contributed by atoms with Crippen LogP contribution in [0.3, 0.4) is 0 Å². The van der Waals surface area contributed by atoms with Gasteiger partial charge in [-0.2, -0.15) is 0 Å². The summed E-state index contributed by atoms with van der Waals surface area (Å²) in [4.78, 5) is 12.9. The highest BCUT2D eigenvalue weighted by molar-refractivity contribution is 5.78. The average molecular weight is 186 g/mol. The highest BCUT2D eigenvalue weighted by atomic mass is 16.4. The van der Waals surface area contributed by atoms with Crippen LogP contribution in [0.1, 0.15) is 26.7 Å². The molecule has 0 aliphatic carbocycles. The first-order valence-electron chi connectivity index (χ1n) is 4.70. The molecule has 2 unspecified atom stereocenters. The van der Waals surface area contributed by atoms with Gasteiger partial charge in [-0.25, -0.2) is 0 Å². The maximum absolute atomic E-state index is 10.8. The van der Waals surface area contributed by atoms with E-state index in [-0.39, 0.29) is 0 Å². The van der Waals surface area contributed by atoms with Gasteiger partial charge in [-0.1, -0.05) is 0 Å². The Morgan fingerprint density at radius 1 is 1.77 bits per heavy atom. The lowest BCUT2D eigenvalue weighted by molar-refractivity contribution is -0.143. The van der Waals surface area contributed by atoms with Crippen molar-refractivity contribution >= 4 is 5.97 Å². The number of nitrogens with two attached hydrogens (primary N) is 1. The Morgan fingerprint density at radius 2 is 2.38 bits per heavy atom. The van der Waals surface area contributed by atoms with Crippen LogP contribution in [0.5, 0.6) is 0 Å². The molecule has 1 heterocycles. The Hall–Kier alpha value is -0.610. The van der Waals surface area contributed by atoms with Gasteiger partial charge in [-0.05, 0) is 33.2 Å². The minimum atomic E-state index is -1.11. The first-order chi connectivity index (χ1) is 5.93. The Morgan fingerprint density at radius 3 is 2.77 bits per heavy atom. The summed E-state index contributed by atoms with van der Waals surface area (Å²) in [6, 6.07) is 0.474. The van der Waals surface area contributed by atoms with Gasteiger partial charge in [0.15, 0.2) is 0 Å². The zero-order valence-corrected chi connectivity index (χ0v) is 8.29. The molecule has 3 N–H and O–H groups in total. The number of carbonyl (C=O) groups is 1. The van der Waals surface area contributed by atoms with Gasteiger partial charge in [0.1, 0.15) is 5.54 Å². The van der Waals surface area contributed by atoms with Crippen molar-refractivity contribution in [2.75, 3.05) is 13.1 Å². The average Bonchev–Trinajstić information content (AvgIpc) is 2.35. The summed E-state index contributed by atoms with van der Waals surface area (Å²) in [6.07, 6.45) is 2.30. The van der Waals surface area contributed by atoms with Crippen molar-refractivity contribution in [2.24, 2.45) is 5.73 Å². The van der Waals surface area contributed by atoms with Gasteiger partial charge in [0, 0.05) is 12.6 Å². The van der Waals surface area contributed by atoms with E-state index < -0.39 is 11.5 Å². The monoisotopic (exact) mass is 186 g/mol. The third-order valence-corrected chi connectivity index (χ3v) is 2.71. The standard InChI is InChI=1S/C9H18N2O2/c1-7-4-3-5-11(7)6-9(2,10)8(12)13/h7H,3-6,10H2,1-2H3,(H,12,13). The Bertz CT molecular complexity index is 204. The van der Waals surface area contributed by atoms with Gasteiger partial charge in [-0.15, -0.1) is 0 Å². The molecule has 0 saturated carbocycles. The van der Waals surface area contributed by atoms with Crippen molar-refractivity contribution < 1.29 is 9.90 Å². The molecule has 0 spiro atoms. The van der Waals surface area contributed by atoms with Crippen molar-refractivity contribution in [3.63, 3.8) is 0 Å². The third-order valence-electron chi connectivity index (χ3n) is 2.71. The largest absolute Gasteiger partial charge is 0.480 e. The predicted molar refractivity (Wildman–Crippen MR) is 50.5 cm³/mol. The SMILES string of the molecule is CC1CCCN1CC(C)(N)C(=O)O. The number of likely N-dealkylation sites (tertiary alicyclic amines) is 1. The fraction of sp³-hybridized carbons (Fsp3) is 0.889. The minimum Gasteiger partial charge on any atom is -0.480 e. The molecule has 1 saturated heterocycles. The molecule has 76 valence electrons. The summed E-state index contributed by atoms with van der Waals surface area (Å²) in [5, 5.41) is 8.84. The van der Waals surface area contributed by atoms with Crippen molar-refractivity contribution in [2.45, 2.75) is 38.3 Å². The lowest BCUT2D eigenvalue weighted by Crippen LogP contribution is -2.54. The maximum Gasteiger partial charge on any atom is 0.324 e. The number of hydrogen-bond acceptors (Lipinski definition) is 3. The molecule has 1 aliphatic heterocycles. The van der Waals surface area contributed by atoms with Crippen LogP contribution in [-0.4, -0.2) is 40.6 Å². The van der Waals surface area contributed by atoms with Gasteiger partial charge >= 0.3 is 5.97 Å². The molecule has 0 amide bonds. The van der Waals surface area contributed by atoms with Gasteiger partial charge in [-0.3, -0.25) is 9.69 Å². The molecule has 4 nitrogen and oxygen atoms in total. The normalized spacial score (nSPS) is 28.7. The van der Waals surface area contributed by atoms with Crippen LogP contribution in [-0.2, 0) is 4.79 Å². The zero-order chi connectivity index (χ0) is 10.1. The molecule has 13 heavy (non-hydrogen) atoms. The summed E-state index contributed by atoms with van der Waals surface area (Å²) in [6.45, 7) is 5.11. The quantitative estimate of drug-likeness (QED) is 0.664. The second-order valence-electron chi connectivity index (χ2n) is 4.18. The predicted octanol–water partition coefficient (Wildman–Crippen LogP) is 0.273. The van der Waals surface area contributed by atoms with E-state index in [1.807, 2.05) is 0 Å². The van der Waals surface area contributed by atoms with Crippen LogP contribution in [0.4, 0.5) is 0 Å². The lowest BCUT2D eigenvalue weighted by Gasteiger charge is -2.29. The van der Waals surface area contributed by atoms with Crippen LogP contribution < -0.4 is 5.73 Å². The van der Waals surface area contributed by atoms with Crippen molar-refractivity contribution in [1.29, 1.82) is 0 Å². The first-order valence-corrected chi connectivity index (χ1v) is 4.70. The van der Waals surface area contributed by atoms with Crippen LogP contribution in [0.25, 0.3) is 0 Å². The van der Waals surface area contributed by atoms with Gasteiger partial charge in [0.05, 0.1) is 0 Å². The number of aliphatic carboxylic acids is 1. The number of nitrogens with zero attached hydrogens (tertiary/aromatic N) is 1. The molecule has 1 fully saturated rings. The Kier molecular flexibility index (Phi) is 2.93. The third kappa shape index (κ3) is 2.42. The molecule has 0 bridgehead atoms. The Balaban J connectivity index is 2.52. The smallest absolute Gasteiger partial charge is 0.324 e. The second-order valence-corrected chi connectivity index (χ2v) is 4.18. The van der Waals surface area contributed by atoms with E-state index in [0.717, 1.165) is 19.4 Å².